The lowest BCUT2D eigenvalue weighted by Crippen LogP contribution is -2.14. The van der Waals surface area contributed by atoms with Gasteiger partial charge in [0.05, 0.1) is 35.0 Å². The Morgan fingerprint density at radius 2 is 1.19 bits per heavy atom. The highest BCUT2D eigenvalue weighted by Crippen LogP contribution is 2.40. The predicted molar refractivity (Wildman–Crippen MR) is 242 cm³/mol. The highest BCUT2D eigenvalue weighted by atomic mass is 16.5. The van der Waals surface area contributed by atoms with Gasteiger partial charge in [0.15, 0.2) is 22.9 Å². The van der Waals surface area contributed by atoms with Gasteiger partial charge in [-0.15, -0.1) is 0 Å². The zero-order valence-electron chi connectivity index (χ0n) is 34.7. The SMILES string of the molecule is COc1c(CC(=O)c2cccc(-c3[nH]nc4ncnc(Nc5ccc(-c6ccccc6)cc5)c34)c2)cc(C(C)(C)C)cc1Nc1ncnc2n[nH]c(-c3cccc(C(C)=O)c3)c12. The van der Waals surface area contributed by atoms with Crippen molar-refractivity contribution in [1.29, 1.82) is 0 Å². The second-order valence-corrected chi connectivity index (χ2v) is 16.0. The number of carbonyl (C=O) groups is 2. The van der Waals surface area contributed by atoms with Crippen LogP contribution in [0.4, 0.5) is 23.0 Å². The summed E-state index contributed by atoms with van der Waals surface area (Å²) < 4.78 is 6.07. The number of fused-ring (bicyclic) bond motifs is 2. The molecule has 13 nitrogen and oxygen atoms in total. The minimum Gasteiger partial charge on any atom is -0.494 e. The van der Waals surface area contributed by atoms with Gasteiger partial charge in [0.25, 0.3) is 0 Å². The molecule has 4 aromatic heterocycles. The summed E-state index contributed by atoms with van der Waals surface area (Å²) in [5.41, 5.74) is 10.0. The van der Waals surface area contributed by atoms with Crippen molar-refractivity contribution in [3.8, 4) is 39.4 Å². The number of ketones is 2. The van der Waals surface area contributed by atoms with Crippen LogP contribution in [0.2, 0.25) is 0 Å². The van der Waals surface area contributed by atoms with Gasteiger partial charge in [-0.2, -0.15) is 10.2 Å². The molecule has 0 aliphatic rings. The summed E-state index contributed by atoms with van der Waals surface area (Å²) in [5, 5.41) is 23.5. The van der Waals surface area contributed by atoms with Crippen LogP contribution in [-0.4, -0.2) is 59.0 Å². The largest absolute Gasteiger partial charge is 0.494 e. The molecule has 4 N–H and O–H groups in total. The minimum atomic E-state index is -0.283. The third kappa shape index (κ3) is 7.74. The van der Waals surface area contributed by atoms with Gasteiger partial charge < -0.3 is 15.4 Å². The van der Waals surface area contributed by atoms with Crippen LogP contribution in [-0.2, 0) is 11.8 Å². The first-order chi connectivity index (χ1) is 30.0. The molecule has 0 bridgehead atoms. The molecule has 306 valence electrons. The molecule has 0 unspecified atom stereocenters. The Bertz CT molecular complexity index is 3130. The van der Waals surface area contributed by atoms with E-state index in [4.69, 9.17) is 4.74 Å². The van der Waals surface area contributed by atoms with Crippen LogP contribution in [0, 0.1) is 0 Å². The van der Waals surface area contributed by atoms with Crippen molar-refractivity contribution in [3.05, 3.63) is 150 Å². The number of Topliss-reactive ketones (excluding diaryl/α,β-unsaturated/α-hetero) is 2. The van der Waals surface area contributed by atoms with Crippen LogP contribution < -0.4 is 15.4 Å². The number of hydrogen-bond donors (Lipinski definition) is 4. The van der Waals surface area contributed by atoms with Crippen molar-refractivity contribution in [2.24, 2.45) is 0 Å². The van der Waals surface area contributed by atoms with Crippen LogP contribution in [0.5, 0.6) is 5.75 Å². The Morgan fingerprint density at radius 3 is 1.79 bits per heavy atom. The molecule has 9 rings (SSSR count). The third-order valence-corrected chi connectivity index (χ3v) is 10.8. The van der Waals surface area contributed by atoms with Gasteiger partial charge in [-0.25, -0.2) is 19.9 Å². The second-order valence-electron chi connectivity index (χ2n) is 16.0. The van der Waals surface area contributed by atoms with Gasteiger partial charge in [0.2, 0.25) is 0 Å². The lowest BCUT2D eigenvalue weighted by atomic mass is 9.84. The molecule has 0 aliphatic carbocycles. The average Bonchev–Trinajstić information content (AvgIpc) is 3.93. The monoisotopic (exact) mass is 818 g/mol. The Hall–Kier alpha value is -8.06. The van der Waals surface area contributed by atoms with Crippen LogP contribution >= 0.6 is 0 Å². The van der Waals surface area contributed by atoms with Crippen LogP contribution in [0.25, 0.3) is 55.7 Å². The number of methoxy groups -OCH3 is 1. The Kier molecular flexibility index (Phi) is 10.3. The smallest absolute Gasteiger partial charge is 0.186 e. The van der Waals surface area contributed by atoms with E-state index in [0.29, 0.717) is 73.2 Å². The molecule has 0 spiro atoms. The van der Waals surface area contributed by atoms with E-state index in [9.17, 15) is 9.59 Å². The highest BCUT2D eigenvalue weighted by Gasteiger charge is 2.24. The van der Waals surface area contributed by atoms with E-state index in [1.165, 1.54) is 19.6 Å². The number of ether oxygens (including phenoxy) is 1. The molecule has 13 heteroatoms. The molecule has 62 heavy (non-hydrogen) atoms. The molecule has 0 atom stereocenters. The van der Waals surface area contributed by atoms with E-state index in [1.807, 2.05) is 84.9 Å². The number of aromatic nitrogens is 8. The number of nitrogens with one attached hydrogen (secondary N) is 4. The fourth-order valence-corrected chi connectivity index (χ4v) is 7.56. The Balaban J connectivity index is 1.03. The van der Waals surface area contributed by atoms with Gasteiger partial charge in [-0.1, -0.05) is 106 Å². The van der Waals surface area contributed by atoms with E-state index in [0.717, 1.165) is 33.5 Å². The fourth-order valence-electron chi connectivity index (χ4n) is 7.56. The minimum absolute atomic E-state index is 0.0457. The first-order valence-corrected chi connectivity index (χ1v) is 20.1. The van der Waals surface area contributed by atoms with Crippen molar-refractivity contribution in [2.75, 3.05) is 17.7 Å². The molecule has 0 amide bonds. The van der Waals surface area contributed by atoms with Crippen molar-refractivity contribution in [2.45, 2.75) is 39.5 Å². The van der Waals surface area contributed by atoms with E-state index < -0.39 is 0 Å². The molecule has 0 radical (unpaired) electrons. The summed E-state index contributed by atoms with van der Waals surface area (Å²) in [4.78, 5) is 44.6. The van der Waals surface area contributed by atoms with Gasteiger partial charge in [0.1, 0.15) is 30.0 Å². The zero-order chi connectivity index (χ0) is 43.0. The topological polar surface area (TPSA) is 176 Å². The molecular weight excluding hydrogens is 777 g/mol. The maximum atomic E-state index is 14.4. The van der Waals surface area contributed by atoms with Crippen molar-refractivity contribution in [3.63, 3.8) is 0 Å². The highest BCUT2D eigenvalue weighted by molar-refractivity contribution is 6.04. The van der Waals surface area contributed by atoms with Crippen molar-refractivity contribution in [1.82, 2.24) is 40.3 Å². The lowest BCUT2D eigenvalue weighted by Gasteiger charge is -2.24. The number of hydrogen-bond acceptors (Lipinski definition) is 11. The molecule has 9 aromatic rings. The van der Waals surface area contributed by atoms with Crippen LogP contribution in [0.1, 0.15) is 59.5 Å². The summed E-state index contributed by atoms with van der Waals surface area (Å²) in [6.45, 7) is 7.89. The van der Waals surface area contributed by atoms with E-state index in [-0.39, 0.29) is 23.4 Å². The summed E-state index contributed by atoms with van der Waals surface area (Å²) >= 11 is 0. The first kappa shape index (κ1) is 39.4. The van der Waals surface area contributed by atoms with Gasteiger partial charge in [-0.3, -0.25) is 19.8 Å². The van der Waals surface area contributed by atoms with Crippen molar-refractivity contribution >= 4 is 56.6 Å². The maximum Gasteiger partial charge on any atom is 0.186 e. The summed E-state index contributed by atoms with van der Waals surface area (Å²) in [7, 11) is 1.59. The second kappa shape index (κ2) is 16.2. The molecule has 0 fully saturated rings. The van der Waals surface area contributed by atoms with Crippen LogP contribution in [0.3, 0.4) is 0 Å². The quantitative estimate of drug-likeness (QED) is 0.0863. The number of benzene rings is 5. The normalized spacial score (nSPS) is 11.5. The van der Waals surface area contributed by atoms with Crippen molar-refractivity contribution < 1.29 is 14.3 Å². The van der Waals surface area contributed by atoms with Crippen LogP contribution in [0.15, 0.2) is 128 Å². The summed E-state index contributed by atoms with van der Waals surface area (Å²) in [6.07, 6.45) is 2.97. The van der Waals surface area contributed by atoms with Gasteiger partial charge in [-0.05, 0) is 59.4 Å². The number of aromatic amines is 2. The first-order valence-electron chi connectivity index (χ1n) is 20.1. The van der Waals surface area contributed by atoms with Gasteiger partial charge in [0, 0.05) is 39.9 Å². The number of anilines is 4. The van der Waals surface area contributed by atoms with Gasteiger partial charge >= 0.3 is 0 Å². The number of rotatable bonds is 12. The Labute approximate surface area is 357 Å². The standard InChI is InChI=1S/C49H42N10O3/c1-28(60)31-13-9-15-33(21-31)42-41-46(51-27-53-48(41)59-56-42)55-38-25-36(49(2,3)4)23-35(44(38)62-5)24-39(61)32-14-10-16-34(22-32)43-40-45(50-26-52-47(40)58-57-43)54-37-19-17-30(18-20-37)29-11-7-6-8-12-29/h6-23,25-27H,24H2,1-5H3,(H2,50,52,54,57,58)(H2,51,53,55,56,59). The summed E-state index contributed by atoms with van der Waals surface area (Å²) in [6, 6.07) is 37.2. The zero-order valence-corrected chi connectivity index (χ0v) is 34.7. The molecular formula is C49H42N10O3. The van der Waals surface area contributed by atoms with E-state index in [1.54, 1.807) is 13.2 Å². The molecule has 4 heterocycles. The maximum absolute atomic E-state index is 14.4. The molecule has 0 saturated heterocycles. The van der Waals surface area contributed by atoms with E-state index >= 15 is 0 Å². The Morgan fingerprint density at radius 1 is 0.629 bits per heavy atom. The third-order valence-electron chi connectivity index (χ3n) is 10.8. The number of carbonyl (C=O) groups excluding carboxylic acids is 2. The molecule has 0 saturated carbocycles. The van der Waals surface area contributed by atoms with E-state index in [2.05, 4.69) is 96.0 Å². The lowest BCUT2D eigenvalue weighted by molar-refractivity contribution is 0.0989. The molecule has 0 aliphatic heterocycles. The number of nitrogens with zero attached hydrogens (tertiary/aromatic N) is 6. The predicted octanol–water partition coefficient (Wildman–Crippen LogP) is 10.4. The molecule has 5 aromatic carbocycles. The number of H-pyrrole nitrogens is 2. The fraction of sp³-hybridized carbons (Fsp3) is 0.143. The average molecular weight is 819 g/mol. The summed E-state index contributed by atoms with van der Waals surface area (Å²) in [5.74, 6) is 1.42.